The predicted octanol–water partition coefficient (Wildman–Crippen LogP) is -8.68. The van der Waals surface area contributed by atoms with E-state index in [1.165, 1.54) is 6.92 Å². The van der Waals surface area contributed by atoms with Crippen LogP contribution in [0.15, 0.2) is 0 Å². The van der Waals surface area contributed by atoms with Crippen LogP contribution in [0, 0.1) is 0 Å². The van der Waals surface area contributed by atoms with Gasteiger partial charge >= 0.3 is 0 Å². The highest BCUT2D eigenvalue weighted by Crippen LogP contribution is 2.34. The lowest BCUT2D eigenvalue weighted by atomic mass is 9.83. The number of ether oxygens (including phenoxy) is 6. The van der Waals surface area contributed by atoms with E-state index in [1.807, 2.05) is 0 Å². The fraction of sp³-hybridized carbons (Fsp3) is 0.960. The van der Waals surface area contributed by atoms with Gasteiger partial charge in [-0.1, -0.05) is 0 Å². The second kappa shape index (κ2) is 15.3. The summed E-state index contributed by atoms with van der Waals surface area (Å²) in [7, 11) is 0. The Balaban J connectivity index is 1.55. The number of nitrogens with one attached hydrogen (secondary N) is 1. The van der Waals surface area contributed by atoms with Crippen LogP contribution in [0.5, 0.6) is 0 Å². The van der Waals surface area contributed by atoms with Crippen LogP contribution in [0.25, 0.3) is 0 Å². The van der Waals surface area contributed by atoms with Crippen molar-refractivity contribution in [3.63, 3.8) is 0 Å². The lowest BCUT2D eigenvalue weighted by Gasteiger charge is -2.47. The summed E-state index contributed by atoms with van der Waals surface area (Å²) in [6.07, 6.45) is -21.3. The number of rotatable bonds is 10. The van der Waals surface area contributed by atoms with Crippen molar-refractivity contribution in [2.75, 3.05) is 19.8 Å². The third-order valence-electron chi connectivity index (χ3n) is 8.66. The molecule has 0 radical (unpaired) electrons. The Hall–Kier alpha value is -1.25. The average Bonchev–Trinajstić information content (AvgIpc) is 3.30. The van der Waals surface area contributed by atoms with Gasteiger partial charge in [0.25, 0.3) is 0 Å². The van der Waals surface area contributed by atoms with Gasteiger partial charge in [-0.2, -0.15) is 0 Å². The molecule has 20 heteroatoms. The lowest BCUT2D eigenvalue weighted by molar-refractivity contribution is -0.311. The molecule has 262 valence electrons. The van der Waals surface area contributed by atoms with Gasteiger partial charge in [0.2, 0.25) is 5.91 Å². The van der Waals surface area contributed by atoms with Gasteiger partial charge in [-0.3, -0.25) is 4.79 Å². The van der Waals surface area contributed by atoms with Crippen molar-refractivity contribution in [3.8, 4) is 0 Å². The van der Waals surface area contributed by atoms with E-state index in [0.29, 0.717) is 0 Å². The third-order valence-corrected chi connectivity index (χ3v) is 8.66. The summed E-state index contributed by atoms with van der Waals surface area (Å²) in [4.78, 5) is 11.9. The molecule has 4 aliphatic rings. The summed E-state index contributed by atoms with van der Waals surface area (Å²) in [5, 5.41) is 85.7. The Kier molecular flexibility index (Phi) is 12.5. The average molecular weight is 658 g/mol. The molecule has 0 aromatic carbocycles. The summed E-state index contributed by atoms with van der Waals surface area (Å²) in [5.74, 6) is -0.484. The van der Waals surface area contributed by atoms with Crippen LogP contribution in [0.4, 0.5) is 0 Å². The fourth-order valence-corrected chi connectivity index (χ4v) is 6.07. The minimum absolute atomic E-state index is 0.0195. The molecule has 1 amide bonds. The van der Waals surface area contributed by atoms with Gasteiger partial charge in [-0.15, -0.1) is 0 Å². The Morgan fingerprint density at radius 2 is 1.18 bits per heavy atom. The number of aliphatic hydroxyl groups is 8. The molecule has 20 nitrogen and oxygen atoms in total. The predicted molar refractivity (Wildman–Crippen MR) is 146 cm³/mol. The lowest BCUT2D eigenvalue weighted by Crippen LogP contribution is -2.68. The molecule has 3 aliphatic heterocycles. The maximum Gasteiger partial charge on any atom is 0.217 e. The number of nitrogens with two attached hydrogens (primary N) is 4. The first kappa shape index (κ1) is 36.6. The van der Waals surface area contributed by atoms with Crippen LogP contribution >= 0.6 is 0 Å². The highest BCUT2D eigenvalue weighted by Gasteiger charge is 2.54. The summed E-state index contributed by atoms with van der Waals surface area (Å²) in [6, 6.07) is -4.52. The maximum atomic E-state index is 11.9. The molecule has 45 heavy (non-hydrogen) atoms. The Labute approximate surface area is 258 Å². The van der Waals surface area contributed by atoms with Gasteiger partial charge in [-0.25, -0.2) is 0 Å². The van der Waals surface area contributed by atoms with Crippen molar-refractivity contribution in [1.82, 2.24) is 5.32 Å². The Morgan fingerprint density at radius 1 is 0.689 bits per heavy atom. The van der Waals surface area contributed by atoms with Crippen LogP contribution in [0.1, 0.15) is 13.3 Å². The molecule has 0 spiro atoms. The van der Waals surface area contributed by atoms with Gasteiger partial charge in [0, 0.05) is 19.5 Å². The molecule has 3 heterocycles. The minimum Gasteiger partial charge on any atom is -0.394 e. The van der Waals surface area contributed by atoms with Gasteiger partial charge in [0.15, 0.2) is 18.9 Å². The minimum atomic E-state index is -1.67. The van der Waals surface area contributed by atoms with E-state index < -0.39 is 135 Å². The molecular formula is C25H47N5O15. The first-order valence-corrected chi connectivity index (χ1v) is 14.7. The van der Waals surface area contributed by atoms with Crippen molar-refractivity contribution >= 4 is 5.91 Å². The molecule has 4 fully saturated rings. The molecule has 0 aromatic heterocycles. The molecule has 4 rings (SSSR count). The van der Waals surface area contributed by atoms with Crippen molar-refractivity contribution in [3.05, 3.63) is 0 Å². The molecule has 0 unspecified atom stereocenters. The Bertz CT molecular complexity index is 972. The zero-order chi connectivity index (χ0) is 33.3. The van der Waals surface area contributed by atoms with Crippen LogP contribution in [-0.2, 0) is 33.2 Å². The van der Waals surface area contributed by atoms with Crippen LogP contribution < -0.4 is 28.3 Å². The molecule has 1 aliphatic carbocycles. The zero-order valence-corrected chi connectivity index (χ0v) is 24.5. The van der Waals surface area contributed by atoms with E-state index in [-0.39, 0.29) is 13.0 Å². The SMILES string of the molecule is CC(=O)N[C@@H]1C[C@H](N)[C@@H](O[C@@H]2O[C@H](CO)[C@@H](O)[C@H](O)[C@H]2N)[C@H](O[C@@H]2O[C@H](CO)[C@@H](O[C@H]3O[C@@H](CN)[C@@H](O)[C@H](O)[C@H]3N)[C@H]2O)[C@H]1O. The fourth-order valence-electron chi connectivity index (χ4n) is 6.07. The second-order valence-electron chi connectivity index (χ2n) is 11.8. The monoisotopic (exact) mass is 657 g/mol. The number of hydrogen-bond acceptors (Lipinski definition) is 19. The molecule has 0 aromatic rings. The molecule has 19 atom stereocenters. The van der Waals surface area contributed by atoms with Crippen molar-refractivity contribution in [2.24, 2.45) is 22.9 Å². The normalized spacial score (nSPS) is 50.8. The highest BCUT2D eigenvalue weighted by atomic mass is 16.8. The van der Waals surface area contributed by atoms with Gasteiger partial charge < -0.3 is 97.5 Å². The summed E-state index contributed by atoms with van der Waals surface area (Å²) >= 11 is 0. The third kappa shape index (κ3) is 7.58. The van der Waals surface area contributed by atoms with Crippen molar-refractivity contribution < 1.29 is 74.1 Å². The molecule has 1 saturated carbocycles. The molecule has 0 bridgehead atoms. The van der Waals surface area contributed by atoms with Crippen LogP contribution in [0.2, 0.25) is 0 Å². The van der Waals surface area contributed by atoms with E-state index in [0.717, 1.165) is 0 Å². The summed E-state index contributed by atoms with van der Waals surface area (Å²) in [5.41, 5.74) is 24.0. The summed E-state index contributed by atoms with van der Waals surface area (Å²) in [6.45, 7) is -0.335. The number of hydrogen-bond donors (Lipinski definition) is 13. The highest BCUT2D eigenvalue weighted by molar-refractivity contribution is 5.73. The maximum absolute atomic E-state index is 11.9. The molecular weight excluding hydrogens is 610 g/mol. The van der Waals surface area contributed by atoms with Crippen molar-refractivity contribution in [1.29, 1.82) is 0 Å². The number of carbonyl (C=O) groups is 1. The Morgan fingerprint density at radius 3 is 1.71 bits per heavy atom. The second-order valence-corrected chi connectivity index (χ2v) is 11.8. The molecule has 3 saturated heterocycles. The van der Waals surface area contributed by atoms with E-state index in [4.69, 9.17) is 51.4 Å². The largest absolute Gasteiger partial charge is 0.394 e. The van der Waals surface area contributed by atoms with Gasteiger partial charge in [-0.05, 0) is 6.42 Å². The first-order chi connectivity index (χ1) is 21.2. The topological polar surface area (TPSA) is 350 Å². The first-order valence-electron chi connectivity index (χ1n) is 14.7. The van der Waals surface area contributed by atoms with E-state index in [9.17, 15) is 45.6 Å². The van der Waals surface area contributed by atoms with Gasteiger partial charge in [0.05, 0.1) is 31.3 Å². The van der Waals surface area contributed by atoms with E-state index in [1.54, 1.807) is 0 Å². The standard InChI is InChI=1S/C25H47N5O15/c1-6(33)30-8-2-7(27)20(43-24-13(29)18(38)16(36)10(4-31)41-24)22(14(8)34)45-25-19(39)21(11(5-32)42-25)44-23-12(28)17(37)15(35)9(3-26)40-23/h7-25,31-32,34-39H,2-5,26-29H2,1H3,(H,30,33)/t7-,8+,9-,10+,11+,12+,13+,14-,15+,16+,17+,18+,19+,20+,21+,22+,23+,24-,25-/m0/s1. The van der Waals surface area contributed by atoms with Crippen LogP contribution in [-0.4, -0.2) is 183 Å². The van der Waals surface area contributed by atoms with E-state index >= 15 is 0 Å². The smallest absolute Gasteiger partial charge is 0.217 e. The van der Waals surface area contributed by atoms with Crippen molar-refractivity contribution in [2.45, 2.75) is 130 Å². The number of aliphatic hydroxyl groups excluding tert-OH is 8. The van der Waals surface area contributed by atoms with E-state index in [2.05, 4.69) is 5.32 Å². The number of carbonyl (C=O) groups excluding carboxylic acids is 1. The number of amides is 1. The zero-order valence-electron chi connectivity index (χ0n) is 24.5. The summed E-state index contributed by atoms with van der Waals surface area (Å²) < 4.78 is 34.6. The van der Waals surface area contributed by atoms with Crippen LogP contribution in [0.3, 0.4) is 0 Å². The molecule has 17 N–H and O–H groups in total. The van der Waals surface area contributed by atoms with Gasteiger partial charge in [0.1, 0.15) is 73.2 Å². The quantitative estimate of drug-likeness (QED) is 0.104.